The number of aliphatic hydroxyl groups excluding tert-OH is 1. The first-order valence-corrected chi connectivity index (χ1v) is 18.3. The number of ether oxygens (including phenoxy) is 1. The van der Waals surface area contributed by atoms with Gasteiger partial charge in [0.2, 0.25) is 11.8 Å². The molecule has 3 amide bonds. The van der Waals surface area contributed by atoms with Crippen LogP contribution in [0.2, 0.25) is 5.02 Å². The Bertz CT molecular complexity index is 1500. The second-order valence-corrected chi connectivity index (χ2v) is 15.0. The molecule has 2 aromatic carbocycles. The SMILES string of the molecule is C=CCN(C(=O)[C@@H]1[C@@H]2CC(C)C3(S2)C(C(=O)N(CC=C)c2c(C)cccc2Cl)N(CCCCCCO)C(=O)[C@H]13)c1ccc(OCC)cc1. The number of carbonyl (C=O) groups is 3. The van der Waals surface area contributed by atoms with Gasteiger partial charge in [-0.25, -0.2) is 0 Å². The molecule has 2 bridgehead atoms. The van der Waals surface area contributed by atoms with Crippen molar-refractivity contribution in [3.8, 4) is 5.75 Å². The predicted octanol–water partition coefficient (Wildman–Crippen LogP) is 6.68. The molecule has 3 heterocycles. The Labute approximate surface area is 294 Å². The van der Waals surface area contributed by atoms with Gasteiger partial charge in [-0.1, -0.05) is 55.7 Å². The van der Waals surface area contributed by atoms with E-state index in [-0.39, 0.29) is 42.0 Å². The van der Waals surface area contributed by atoms with Crippen LogP contribution in [0.1, 0.15) is 51.5 Å². The van der Waals surface area contributed by atoms with E-state index in [2.05, 4.69) is 20.1 Å². The molecule has 3 aliphatic rings. The van der Waals surface area contributed by atoms with Crippen LogP contribution in [-0.2, 0) is 14.4 Å². The minimum Gasteiger partial charge on any atom is -0.494 e. The van der Waals surface area contributed by atoms with Crippen LogP contribution in [0.4, 0.5) is 11.4 Å². The standard InChI is InChI=1S/C38H48ClN3O5S/c1-6-20-40(27-16-18-28(19-17-27)47-8-3)35(44)31-30-24-26(5)38(48-30)32(31)36(45)42(22-11-9-10-12-23-43)34(38)37(46)41(21-7-2)33-25(4)14-13-15-29(33)39/h6-7,13-19,26,30-32,34,43H,1-2,8-12,20-24H2,3-5H3/t26?,30-,31+,32-,34?,38?/m0/s1. The van der Waals surface area contributed by atoms with Crippen LogP contribution in [0, 0.1) is 24.7 Å². The lowest BCUT2D eigenvalue weighted by molar-refractivity contribution is -0.139. The van der Waals surface area contributed by atoms with E-state index < -0.39 is 22.6 Å². The molecule has 2 aromatic rings. The molecule has 0 aliphatic carbocycles. The van der Waals surface area contributed by atoms with Crippen LogP contribution in [0.3, 0.4) is 0 Å². The van der Waals surface area contributed by atoms with Crippen LogP contribution in [0.15, 0.2) is 67.8 Å². The largest absolute Gasteiger partial charge is 0.494 e. The van der Waals surface area contributed by atoms with Gasteiger partial charge in [0.05, 0.1) is 33.9 Å². The van der Waals surface area contributed by atoms with Crippen molar-refractivity contribution in [2.75, 3.05) is 42.6 Å². The minimum atomic E-state index is -0.780. The molecule has 0 saturated carbocycles. The number of benzene rings is 2. The summed E-state index contributed by atoms with van der Waals surface area (Å²) in [6.07, 6.45) is 7.16. The number of anilines is 2. The van der Waals surface area contributed by atoms with Gasteiger partial charge < -0.3 is 24.5 Å². The summed E-state index contributed by atoms with van der Waals surface area (Å²) in [4.78, 5) is 49.7. The molecule has 8 nitrogen and oxygen atoms in total. The number of amides is 3. The molecule has 3 saturated heterocycles. The summed E-state index contributed by atoms with van der Waals surface area (Å²) < 4.78 is 4.85. The fraction of sp³-hybridized carbons (Fsp3) is 0.500. The van der Waals surface area contributed by atoms with Gasteiger partial charge in [0.1, 0.15) is 11.8 Å². The van der Waals surface area contributed by atoms with E-state index in [1.54, 1.807) is 44.7 Å². The predicted molar refractivity (Wildman–Crippen MR) is 195 cm³/mol. The van der Waals surface area contributed by atoms with E-state index >= 15 is 4.79 Å². The average molecular weight is 694 g/mol. The number of thioether (sulfide) groups is 1. The molecule has 0 aromatic heterocycles. The van der Waals surface area contributed by atoms with Gasteiger partial charge >= 0.3 is 0 Å². The Morgan fingerprint density at radius 1 is 1.06 bits per heavy atom. The first kappa shape index (κ1) is 36.0. The van der Waals surface area contributed by atoms with E-state index in [4.69, 9.17) is 16.3 Å². The third-order valence-corrected chi connectivity index (χ3v) is 12.5. The Balaban J connectivity index is 1.56. The Morgan fingerprint density at radius 2 is 1.75 bits per heavy atom. The third kappa shape index (κ3) is 6.41. The molecule has 3 unspecified atom stereocenters. The van der Waals surface area contributed by atoms with E-state index in [0.717, 1.165) is 30.6 Å². The summed E-state index contributed by atoms with van der Waals surface area (Å²) in [7, 11) is 0. The monoisotopic (exact) mass is 693 g/mol. The highest BCUT2D eigenvalue weighted by atomic mass is 35.5. The molecule has 3 fully saturated rings. The van der Waals surface area contributed by atoms with Crippen LogP contribution < -0.4 is 14.5 Å². The zero-order valence-corrected chi connectivity index (χ0v) is 29.8. The topological polar surface area (TPSA) is 90.4 Å². The van der Waals surface area contributed by atoms with Crippen LogP contribution in [-0.4, -0.2) is 76.6 Å². The molecule has 6 atom stereocenters. The van der Waals surface area contributed by atoms with Gasteiger partial charge in [-0.2, -0.15) is 0 Å². The summed E-state index contributed by atoms with van der Waals surface area (Å²) >= 11 is 8.41. The minimum absolute atomic E-state index is 0.0232. The number of unbranched alkanes of at least 4 members (excludes halogenated alkanes) is 3. The highest BCUT2D eigenvalue weighted by molar-refractivity contribution is 8.02. The normalized spacial score (nSPS) is 25.6. The Hall–Kier alpha value is -3.27. The number of likely N-dealkylation sites (tertiary alicyclic amines) is 1. The van der Waals surface area contributed by atoms with Gasteiger partial charge in [-0.05, 0) is 74.9 Å². The highest BCUT2D eigenvalue weighted by Gasteiger charge is 2.76. The first-order valence-electron chi connectivity index (χ1n) is 17.1. The van der Waals surface area contributed by atoms with E-state index in [9.17, 15) is 14.7 Å². The lowest BCUT2D eigenvalue weighted by Gasteiger charge is -2.41. The number of para-hydroxylation sites is 1. The van der Waals surface area contributed by atoms with Crippen LogP contribution >= 0.6 is 23.4 Å². The highest BCUT2D eigenvalue weighted by Crippen LogP contribution is 2.69. The van der Waals surface area contributed by atoms with Gasteiger partial charge in [-0.3, -0.25) is 14.4 Å². The molecule has 10 heteroatoms. The number of carbonyl (C=O) groups excluding carboxylic acids is 3. The van der Waals surface area contributed by atoms with E-state index in [0.29, 0.717) is 48.9 Å². The summed E-state index contributed by atoms with van der Waals surface area (Å²) in [6.45, 7) is 15.4. The van der Waals surface area contributed by atoms with Gasteiger partial charge in [-0.15, -0.1) is 24.9 Å². The lowest BCUT2D eigenvalue weighted by atomic mass is 9.65. The maximum Gasteiger partial charge on any atom is 0.251 e. The summed E-state index contributed by atoms with van der Waals surface area (Å²) in [5.74, 6) is -0.942. The van der Waals surface area contributed by atoms with Gasteiger partial charge in [0, 0.05) is 37.2 Å². The fourth-order valence-electron chi connectivity index (χ4n) is 8.12. The second-order valence-electron chi connectivity index (χ2n) is 13.0. The maximum atomic E-state index is 15.1. The molecule has 0 radical (unpaired) electrons. The number of hydrogen-bond donors (Lipinski definition) is 1. The van der Waals surface area contributed by atoms with Crippen molar-refractivity contribution in [3.05, 3.63) is 78.4 Å². The maximum absolute atomic E-state index is 15.1. The van der Waals surface area contributed by atoms with Crippen molar-refractivity contribution >= 4 is 52.5 Å². The number of aliphatic hydroxyl groups is 1. The molecular formula is C38H48ClN3O5S. The second kappa shape index (κ2) is 15.5. The zero-order valence-electron chi connectivity index (χ0n) is 28.3. The lowest BCUT2D eigenvalue weighted by Crippen LogP contribution is -2.58. The smallest absolute Gasteiger partial charge is 0.251 e. The number of aryl methyl sites for hydroxylation is 1. The number of halogens is 1. The number of fused-ring (bicyclic) bond motifs is 1. The summed E-state index contributed by atoms with van der Waals surface area (Å²) in [5, 5.41) is 9.66. The Morgan fingerprint density at radius 3 is 2.40 bits per heavy atom. The van der Waals surface area contributed by atoms with Crippen molar-refractivity contribution in [2.24, 2.45) is 17.8 Å². The number of hydrogen-bond acceptors (Lipinski definition) is 6. The molecular weight excluding hydrogens is 646 g/mol. The first-order chi connectivity index (χ1) is 23.2. The van der Waals surface area contributed by atoms with Crippen molar-refractivity contribution in [3.63, 3.8) is 0 Å². The third-order valence-electron chi connectivity index (χ3n) is 10.1. The molecule has 3 aliphatic heterocycles. The Kier molecular flexibility index (Phi) is 11.6. The van der Waals surface area contributed by atoms with Crippen molar-refractivity contribution in [2.45, 2.75) is 68.9 Å². The van der Waals surface area contributed by atoms with Crippen molar-refractivity contribution < 1.29 is 24.2 Å². The number of rotatable bonds is 16. The van der Waals surface area contributed by atoms with Gasteiger partial charge in [0.15, 0.2) is 0 Å². The molecule has 5 rings (SSSR count). The van der Waals surface area contributed by atoms with Crippen LogP contribution in [0.25, 0.3) is 0 Å². The van der Waals surface area contributed by atoms with E-state index in [1.165, 1.54) is 0 Å². The van der Waals surface area contributed by atoms with E-state index in [1.807, 2.05) is 50.2 Å². The molecule has 1 N–H and O–H groups in total. The van der Waals surface area contributed by atoms with Crippen LogP contribution in [0.5, 0.6) is 5.75 Å². The molecule has 258 valence electrons. The number of nitrogens with zero attached hydrogens (tertiary/aromatic N) is 3. The van der Waals surface area contributed by atoms with Crippen molar-refractivity contribution in [1.29, 1.82) is 0 Å². The quantitative estimate of drug-likeness (QED) is 0.156. The molecule has 1 spiro atoms. The summed E-state index contributed by atoms with van der Waals surface area (Å²) in [6, 6.07) is 12.2. The fourth-order valence-corrected chi connectivity index (χ4v) is 10.9. The average Bonchev–Trinajstić information content (AvgIpc) is 3.66. The van der Waals surface area contributed by atoms with Gasteiger partial charge in [0.25, 0.3) is 5.91 Å². The zero-order chi connectivity index (χ0) is 34.6. The van der Waals surface area contributed by atoms with Crippen molar-refractivity contribution in [1.82, 2.24) is 4.90 Å². The molecule has 48 heavy (non-hydrogen) atoms. The summed E-state index contributed by atoms with van der Waals surface area (Å²) in [5.41, 5.74) is 2.18.